The molecule has 0 saturated heterocycles. The SMILES string of the molecule is CCCCOCCn1cnc(CNC(C)(C)C)c1. The van der Waals surface area contributed by atoms with Gasteiger partial charge in [-0.3, -0.25) is 0 Å². The molecule has 0 aromatic carbocycles. The topological polar surface area (TPSA) is 39.1 Å². The molecule has 104 valence electrons. The number of unbranched alkanes of at least 4 members (excludes halogenated alkanes) is 1. The number of nitrogens with zero attached hydrogens (tertiary/aromatic N) is 2. The Bertz CT molecular complexity index is 328. The normalized spacial score (nSPS) is 12.0. The van der Waals surface area contributed by atoms with Crippen molar-refractivity contribution in [3.63, 3.8) is 0 Å². The van der Waals surface area contributed by atoms with Crippen molar-refractivity contribution in [2.75, 3.05) is 13.2 Å². The molecule has 1 aromatic rings. The van der Waals surface area contributed by atoms with E-state index in [1.165, 1.54) is 6.42 Å². The maximum Gasteiger partial charge on any atom is 0.0950 e. The lowest BCUT2D eigenvalue weighted by molar-refractivity contribution is 0.123. The molecular weight excluding hydrogens is 226 g/mol. The van der Waals surface area contributed by atoms with E-state index in [-0.39, 0.29) is 5.54 Å². The Labute approximate surface area is 111 Å². The summed E-state index contributed by atoms with van der Waals surface area (Å²) in [6, 6.07) is 0. The summed E-state index contributed by atoms with van der Waals surface area (Å²) in [5.74, 6) is 0. The van der Waals surface area contributed by atoms with Crippen LogP contribution in [0.15, 0.2) is 12.5 Å². The minimum Gasteiger partial charge on any atom is -0.380 e. The molecule has 0 bridgehead atoms. The molecule has 0 radical (unpaired) electrons. The first-order valence-electron chi connectivity index (χ1n) is 6.84. The van der Waals surface area contributed by atoms with Gasteiger partial charge in [0.25, 0.3) is 0 Å². The highest BCUT2D eigenvalue weighted by Gasteiger charge is 2.09. The van der Waals surface area contributed by atoms with Gasteiger partial charge < -0.3 is 14.6 Å². The highest BCUT2D eigenvalue weighted by atomic mass is 16.5. The van der Waals surface area contributed by atoms with Crippen LogP contribution in [0.2, 0.25) is 0 Å². The predicted molar refractivity (Wildman–Crippen MR) is 74.5 cm³/mol. The van der Waals surface area contributed by atoms with Gasteiger partial charge >= 0.3 is 0 Å². The maximum atomic E-state index is 5.54. The number of ether oxygens (including phenoxy) is 1. The lowest BCUT2D eigenvalue weighted by Crippen LogP contribution is -2.35. The summed E-state index contributed by atoms with van der Waals surface area (Å²) in [6.07, 6.45) is 6.29. The van der Waals surface area contributed by atoms with Gasteiger partial charge in [-0.15, -0.1) is 0 Å². The van der Waals surface area contributed by atoms with E-state index < -0.39 is 0 Å². The van der Waals surface area contributed by atoms with Crippen molar-refractivity contribution in [2.45, 2.75) is 59.2 Å². The monoisotopic (exact) mass is 253 g/mol. The largest absolute Gasteiger partial charge is 0.380 e. The van der Waals surface area contributed by atoms with Crippen LogP contribution in [0.1, 0.15) is 46.2 Å². The van der Waals surface area contributed by atoms with Crippen LogP contribution in [0, 0.1) is 0 Å². The van der Waals surface area contributed by atoms with Crippen molar-refractivity contribution in [3.8, 4) is 0 Å². The first-order valence-corrected chi connectivity index (χ1v) is 6.84. The molecule has 0 fully saturated rings. The third-order valence-electron chi connectivity index (χ3n) is 2.62. The second-order valence-corrected chi connectivity index (χ2v) is 5.67. The molecule has 1 rings (SSSR count). The summed E-state index contributed by atoms with van der Waals surface area (Å²) in [4.78, 5) is 4.38. The standard InChI is InChI=1S/C14H27N3O/c1-5-6-8-18-9-7-17-11-13(15-12-17)10-16-14(2,3)4/h11-12,16H,5-10H2,1-4H3. The van der Waals surface area contributed by atoms with Crippen molar-refractivity contribution in [1.29, 1.82) is 0 Å². The van der Waals surface area contributed by atoms with Crippen molar-refractivity contribution >= 4 is 0 Å². The summed E-state index contributed by atoms with van der Waals surface area (Å²) < 4.78 is 7.63. The van der Waals surface area contributed by atoms with Crippen molar-refractivity contribution < 1.29 is 4.74 Å². The van der Waals surface area contributed by atoms with Gasteiger partial charge in [0.2, 0.25) is 0 Å². The van der Waals surface area contributed by atoms with Gasteiger partial charge in [-0.2, -0.15) is 0 Å². The fraction of sp³-hybridized carbons (Fsp3) is 0.786. The first kappa shape index (κ1) is 15.2. The molecule has 0 aliphatic carbocycles. The van der Waals surface area contributed by atoms with Crippen LogP contribution < -0.4 is 5.32 Å². The molecule has 4 nitrogen and oxygen atoms in total. The molecule has 0 aliphatic heterocycles. The third-order valence-corrected chi connectivity index (χ3v) is 2.62. The molecule has 0 unspecified atom stereocenters. The van der Waals surface area contributed by atoms with Gasteiger partial charge in [-0.25, -0.2) is 4.98 Å². The molecule has 1 aromatic heterocycles. The number of hydrogen-bond acceptors (Lipinski definition) is 3. The van der Waals surface area contributed by atoms with E-state index in [0.29, 0.717) is 0 Å². The van der Waals surface area contributed by atoms with Gasteiger partial charge in [-0.1, -0.05) is 13.3 Å². The van der Waals surface area contributed by atoms with Gasteiger partial charge in [0.15, 0.2) is 0 Å². The maximum absolute atomic E-state index is 5.54. The van der Waals surface area contributed by atoms with E-state index in [1.807, 2.05) is 6.33 Å². The summed E-state index contributed by atoms with van der Waals surface area (Å²) in [7, 11) is 0. The van der Waals surface area contributed by atoms with E-state index in [0.717, 1.165) is 38.4 Å². The zero-order chi connectivity index (χ0) is 13.4. The summed E-state index contributed by atoms with van der Waals surface area (Å²) in [5.41, 5.74) is 1.21. The van der Waals surface area contributed by atoms with Crippen LogP contribution in [-0.2, 0) is 17.8 Å². The van der Waals surface area contributed by atoms with Gasteiger partial charge in [0.1, 0.15) is 0 Å². The molecular formula is C14H27N3O. The van der Waals surface area contributed by atoms with Gasteiger partial charge in [0, 0.05) is 31.4 Å². The Balaban J connectivity index is 2.22. The minimum absolute atomic E-state index is 0.132. The second-order valence-electron chi connectivity index (χ2n) is 5.67. The minimum atomic E-state index is 0.132. The van der Waals surface area contributed by atoms with Crippen molar-refractivity contribution in [2.24, 2.45) is 0 Å². The molecule has 0 saturated carbocycles. The molecule has 0 amide bonds. The van der Waals surface area contributed by atoms with E-state index in [2.05, 4.69) is 48.8 Å². The van der Waals surface area contributed by atoms with E-state index in [1.54, 1.807) is 0 Å². The van der Waals surface area contributed by atoms with E-state index in [4.69, 9.17) is 4.74 Å². The molecule has 1 N–H and O–H groups in total. The molecule has 4 heteroatoms. The average Bonchev–Trinajstić information content (AvgIpc) is 2.73. The van der Waals surface area contributed by atoms with Gasteiger partial charge in [0.05, 0.1) is 18.6 Å². The highest BCUT2D eigenvalue weighted by Crippen LogP contribution is 2.02. The summed E-state index contributed by atoms with van der Waals surface area (Å²) in [6.45, 7) is 12.0. The zero-order valence-corrected chi connectivity index (χ0v) is 12.2. The van der Waals surface area contributed by atoms with Crippen LogP contribution in [0.25, 0.3) is 0 Å². The number of rotatable bonds is 8. The molecule has 0 spiro atoms. The number of nitrogens with one attached hydrogen (secondary N) is 1. The first-order chi connectivity index (χ1) is 8.51. The van der Waals surface area contributed by atoms with Crippen LogP contribution in [0.4, 0.5) is 0 Å². The van der Waals surface area contributed by atoms with Crippen LogP contribution in [0.5, 0.6) is 0 Å². The van der Waals surface area contributed by atoms with Crippen LogP contribution in [0.3, 0.4) is 0 Å². The molecule has 18 heavy (non-hydrogen) atoms. The smallest absolute Gasteiger partial charge is 0.0950 e. The fourth-order valence-electron chi connectivity index (χ4n) is 1.49. The number of imidazole rings is 1. The molecule has 1 heterocycles. The summed E-state index contributed by atoms with van der Waals surface area (Å²) in [5, 5.41) is 3.43. The van der Waals surface area contributed by atoms with Crippen molar-refractivity contribution in [3.05, 3.63) is 18.2 Å². The zero-order valence-electron chi connectivity index (χ0n) is 12.2. The third kappa shape index (κ3) is 6.77. The van der Waals surface area contributed by atoms with E-state index in [9.17, 15) is 0 Å². The Morgan fingerprint density at radius 1 is 1.33 bits per heavy atom. The quantitative estimate of drug-likeness (QED) is 0.724. The average molecular weight is 253 g/mol. The molecule has 0 aliphatic rings. The Morgan fingerprint density at radius 3 is 2.78 bits per heavy atom. The lowest BCUT2D eigenvalue weighted by Gasteiger charge is -2.19. The van der Waals surface area contributed by atoms with Crippen molar-refractivity contribution in [1.82, 2.24) is 14.9 Å². The highest BCUT2D eigenvalue weighted by molar-refractivity contribution is 4.97. The summed E-state index contributed by atoms with van der Waals surface area (Å²) >= 11 is 0. The predicted octanol–water partition coefficient (Wildman–Crippen LogP) is 2.59. The fourth-order valence-corrected chi connectivity index (χ4v) is 1.49. The van der Waals surface area contributed by atoms with Gasteiger partial charge in [-0.05, 0) is 27.2 Å². The number of hydrogen-bond donors (Lipinski definition) is 1. The Kier molecular flexibility index (Phi) is 6.36. The second kappa shape index (κ2) is 7.54. The number of aromatic nitrogens is 2. The lowest BCUT2D eigenvalue weighted by atomic mass is 10.1. The van der Waals surface area contributed by atoms with Crippen LogP contribution in [-0.4, -0.2) is 28.3 Å². The molecule has 0 atom stereocenters. The van der Waals surface area contributed by atoms with Crippen LogP contribution >= 0.6 is 0 Å². The Hall–Kier alpha value is -0.870. The Morgan fingerprint density at radius 2 is 2.11 bits per heavy atom. The van der Waals surface area contributed by atoms with E-state index >= 15 is 0 Å².